The molecule has 2 aromatic carbocycles. The summed E-state index contributed by atoms with van der Waals surface area (Å²) in [4.78, 5) is 28.8. The summed E-state index contributed by atoms with van der Waals surface area (Å²) < 4.78 is 26.6. The summed E-state index contributed by atoms with van der Waals surface area (Å²) in [5, 5.41) is 2.94. The van der Waals surface area contributed by atoms with Crippen LogP contribution in [-0.4, -0.2) is 49.7 Å². The minimum Gasteiger partial charge on any atom is -0.309 e. The lowest BCUT2D eigenvalue weighted by molar-refractivity contribution is 0.0718. The zero-order valence-electron chi connectivity index (χ0n) is 17.2. The maximum atomic E-state index is 13.4. The van der Waals surface area contributed by atoms with Crippen LogP contribution in [0.4, 0.5) is 8.78 Å². The SMILES string of the molecule is CNC(CCCCCN(C)C)(C(=O)c1ccc(F)cc1)C(=O)c1ccc(F)cc1. The van der Waals surface area contributed by atoms with Crippen LogP contribution in [0.5, 0.6) is 0 Å². The standard InChI is InChI=1S/C23H28F2N2O2/c1-26-23(15-5-4-6-16-27(2)3,21(28)17-7-11-19(24)12-8-17)22(29)18-9-13-20(25)14-10-18/h7-14,26H,4-6,15-16H2,1-3H3. The molecular formula is C23H28F2N2O2. The maximum absolute atomic E-state index is 13.4. The predicted molar refractivity (Wildman–Crippen MR) is 110 cm³/mol. The van der Waals surface area contributed by atoms with Crippen molar-refractivity contribution in [2.45, 2.75) is 31.2 Å². The molecule has 156 valence electrons. The molecule has 0 aromatic heterocycles. The summed E-state index contributed by atoms with van der Waals surface area (Å²) in [6.45, 7) is 0.921. The summed E-state index contributed by atoms with van der Waals surface area (Å²) in [6.07, 6.45) is 2.76. The Morgan fingerprint density at radius 2 is 1.28 bits per heavy atom. The van der Waals surface area contributed by atoms with Crippen molar-refractivity contribution in [1.82, 2.24) is 10.2 Å². The highest BCUT2D eigenvalue weighted by molar-refractivity contribution is 6.23. The first-order chi connectivity index (χ1) is 13.8. The quantitative estimate of drug-likeness (QED) is 0.349. The molecule has 0 atom stereocenters. The third kappa shape index (κ3) is 5.78. The van der Waals surface area contributed by atoms with E-state index in [1.165, 1.54) is 48.5 Å². The van der Waals surface area contributed by atoms with Gasteiger partial charge in [0.05, 0.1) is 0 Å². The second kappa shape index (κ2) is 10.4. The Morgan fingerprint density at radius 1 is 0.828 bits per heavy atom. The van der Waals surface area contributed by atoms with Gasteiger partial charge in [0.2, 0.25) is 0 Å². The van der Waals surface area contributed by atoms with Crippen LogP contribution >= 0.6 is 0 Å². The van der Waals surface area contributed by atoms with Crippen molar-refractivity contribution in [3.05, 3.63) is 71.3 Å². The molecule has 1 N–H and O–H groups in total. The van der Waals surface area contributed by atoms with Crippen molar-refractivity contribution >= 4 is 11.6 Å². The van der Waals surface area contributed by atoms with Gasteiger partial charge in [-0.05, 0) is 89.1 Å². The molecule has 29 heavy (non-hydrogen) atoms. The molecule has 0 aliphatic carbocycles. The van der Waals surface area contributed by atoms with Crippen LogP contribution in [0.15, 0.2) is 48.5 Å². The van der Waals surface area contributed by atoms with Crippen molar-refractivity contribution in [1.29, 1.82) is 0 Å². The lowest BCUT2D eigenvalue weighted by Gasteiger charge is -2.31. The van der Waals surface area contributed by atoms with Gasteiger partial charge in [-0.3, -0.25) is 9.59 Å². The average Bonchev–Trinajstić information content (AvgIpc) is 2.71. The van der Waals surface area contributed by atoms with E-state index in [4.69, 9.17) is 0 Å². The molecule has 0 aliphatic rings. The first kappa shape index (κ1) is 22.8. The van der Waals surface area contributed by atoms with Crippen molar-refractivity contribution in [3.63, 3.8) is 0 Å². The summed E-state index contributed by atoms with van der Waals surface area (Å²) in [5.74, 6) is -1.74. The van der Waals surface area contributed by atoms with E-state index < -0.39 is 28.7 Å². The zero-order valence-corrected chi connectivity index (χ0v) is 17.2. The van der Waals surface area contributed by atoms with E-state index in [1.807, 2.05) is 14.1 Å². The second-order valence-corrected chi connectivity index (χ2v) is 7.44. The predicted octanol–water partition coefficient (Wildman–Crippen LogP) is 4.11. The summed E-state index contributed by atoms with van der Waals surface area (Å²) in [5.41, 5.74) is -0.984. The third-order valence-electron chi connectivity index (χ3n) is 5.07. The number of halogens is 2. The van der Waals surface area contributed by atoms with Gasteiger partial charge >= 0.3 is 0 Å². The van der Waals surface area contributed by atoms with E-state index >= 15 is 0 Å². The number of likely N-dealkylation sites (N-methyl/N-ethyl adjacent to an activating group) is 1. The Hall–Kier alpha value is -2.44. The monoisotopic (exact) mass is 402 g/mol. The lowest BCUT2D eigenvalue weighted by atomic mass is 9.78. The van der Waals surface area contributed by atoms with Crippen LogP contribution in [0.1, 0.15) is 46.4 Å². The van der Waals surface area contributed by atoms with Gasteiger partial charge in [-0.2, -0.15) is 0 Å². The molecule has 2 rings (SSSR count). The second-order valence-electron chi connectivity index (χ2n) is 7.44. The molecule has 2 aromatic rings. The molecule has 0 saturated carbocycles. The average molecular weight is 402 g/mol. The zero-order chi connectivity index (χ0) is 21.4. The van der Waals surface area contributed by atoms with Crippen LogP contribution in [0.2, 0.25) is 0 Å². The number of ketones is 2. The van der Waals surface area contributed by atoms with Crippen LogP contribution in [0, 0.1) is 11.6 Å². The topological polar surface area (TPSA) is 49.4 Å². The van der Waals surface area contributed by atoms with Crippen LogP contribution in [-0.2, 0) is 0 Å². The number of unbranched alkanes of at least 4 members (excludes halogenated alkanes) is 2. The fourth-order valence-electron chi connectivity index (χ4n) is 3.37. The van der Waals surface area contributed by atoms with E-state index in [1.54, 1.807) is 7.05 Å². The largest absolute Gasteiger partial charge is 0.309 e. The van der Waals surface area contributed by atoms with E-state index in [-0.39, 0.29) is 11.1 Å². The number of benzene rings is 2. The van der Waals surface area contributed by atoms with Gasteiger partial charge in [0.1, 0.15) is 17.2 Å². The van der Waals surface area contributed by atoms with E-state index in [0.717, 1.165) is 19.4 Å². The Morgan fingerprint density at radius 3 is 1.66 bits per heavy atom. The number of hydrogen-bond acceptors (Lipinski definition) is 4. The number of nitrogens with one attached hydrogen (secondary N) is 1. The molecule has 6 heteroatoms. The van der Waals surface area contributed by atoms with Gasteiger partial charge < -0.3 is 10.2 Å². The first-order valence-electron chi connectivity index (χ1n) is 9.74. The Kier molecular flexibility index (Phi) is 8.17. The molecule has 0 unspecified atom stereocenters. The summed E-state index contributed by atoms with van der Waals surface area (Å²) in [7, 11) is 5.56. The molecule has 0 heterocycles. The van der Waals surface area contributed by atoms with Crippen LogP contribution in [0.3, 0.4) is 0 Å². The van der Waals surface area contributed by atoms with Crippen molar-refractivity contribution in [2.75, 3.05) is 27.7 Å². The highest BCUT2D eigenvalue weighted by Gasteiger charge is 2.44. The van der Waals surface area contributed by atoms with E-state index in [0.29, 0.717) is 12.8 Å². The first-order valence-corrected chi connectivity index (χ1v) is 9.74. The number of Topliss-reactive ketones (excluding diaryl/α,β-unsaturated/α-hetero) is 2. The van der Waals surface area contributed by atoms with Crippen molar-refractivity contribution in [2.24, 2.45) is 0 Å². The molecular weight excluding hydrogens is 374 g/mol. The highest BCUT2D eigenvalue weighted by atomic mass is 19.1. The van der Waals surface area contributed by atoms with Gasteiger partial charge in [0.15, 0.2) is 11.6 Å². The van der Waals surface area contributed by atoms with Gasteiger partial charge in [-0.1, -0.05) is 12.8 Å². The van der Waals surface area contributed by atoms with Crippen molar-refractivity contribution < 1.29 is 18.4 Å². The smallest absolute Gasteiger partial charge is 0.190 e. The fourth-order valence-corrected chi connectivity index (χ4v) is 3.37. The minimum absolute atomic E-state index is 0.254. The number of rotatable bonds is 11. The summed E-state index contributed by atoms with van der Waals surface area (Å²) in [6, 6.07) is 10.3. The highest BCUT2D eigenvalue weighted by Crippen LogP contribution is 2.26. The fraction of sp³-hybridized carbons (Fsp3) is 0.391. The lowest BCUT2D eigenvalue weighted by Crippen LogP contribution is -2.56. The van der Waals surface area contributed by atoms with Gasteiger partial charge in [0, 0.05) is 11.1 Å². The molecule has 0 aliphatic heterocycles. The number of nitrogens with zero attached hydrogens (tertiary/aromatic N) is 1. The van der Waals surface area contributed by atoms with E-state index in [9.17, 15) is 18.4 Å². The molecule has 0 spiro atoms. The molecule has 0 radical (unpaired) electrons. The molecule has 0 fully saturated rings. The van der Waals surface area contributed by atoms with Gasteiger partial charge in [0.25, 0.3) is 0 Å². The van der Waals surface area contributed by atoms with Crippen LogP contribution in [0.25, 0.3) is 0 Å². The summed E-state index contributed by atoms with van der Waals surface area (Å²) >= 11 is 0. The number of carbonyl (C=O) groups is 2. The molecule has 0 amide bonds. The maximum Gasteiger partial charge on any atom is 0.190 e. The van der Waals surface area contributed by atoms with Crippen LogP contribution < -0.4 is 5.32 Å². The number of carbonyl (C=O) groups excluding carboxylic acids is 2. The third-order valence-corrected chi connectivity index (χ3v) is 5.07. The molecule has 0 bridgehead atoms. The van der Waals surface area contributed by atoms with Gasteiger partial charge in [-0.25, -0.2) is 8.78 Å². The normalized spacial score (nSPS) is 11.7. The number of hydrogen-bond donors (Lipinski definition) is 1. The molecule has 0 saturated heterocycles. The Bertz CT molecular complexity index is 760. The van der Waals surface area contributed by atoms with Gasteiger partial charge in [-0.15, -0.1) is 0 Å². The Labute approximate surface area is 170 Å². The Balaban J connectivity index is 2.33. The minimum atomic E-state index is -1.49. The van der Waals surface area contributed by atoms with Crippen molar-refractivity contribution in [3.8, 4) is 0 Å². The molecule has 4 nitrogen and oxygen atoms in total. The van der Waals surface area contributed by atoms with E-state index in [2.05, 4.69) is 10.2 Å².